The van der Waals surface area contributed by atoms with Gasteiger partial charge in [-0.15, -0.1) is 0 Å². The molecule has 0 N–H and O–H groups in total. The van der Waals surface area contributed by atoms with E-state index in [2.05, 4.69) is 14.9 Å². The monoisotopic (exact) mass is 465 g/mol. The average Bonchev–Trinajstić information content (AvgIpc) is 2.78. The molecular formula is C21H22F3N5O2S. The number of para-hydroxylation sites is 1. The van der Waals surface area contributed by atoms with Crippen molar-refractivity contribution in [2.75, 3.05) is 49.5 Å². The fraction of sp³-hybridized carbons (Fsp3) is 0.333. The van der Waals surface area contributed by atoms with Gasteiger partial charge >= 0.3 is 6.18 Å². The van der Waals surface area contributed by atoms with Crippen molar-refractivity contribution in [2.24, 2.45) is 0 Å². The first kappa shape index (κ1) is 22.3. The Morgan fingerprint density at radius 2 is 1.66 bits per heavy atom. The predicted octanol–water partition coefficient (Wildman–Crippen LogP) is 3.23. The summed E-state index contributed by atoms with van der Waals surface area (Å²) in [7, 11) is -1.00. The van der Waals surface area contributed by atoms with Crippen molar-refractivity contribution in [3.63, 3.8) is 0 Å². The Hall–Kier alpha value is -2.92. The van der Waals surface area contributed by atoms with Crippen LogP contribution < -0.4 is 9.21 Å². The zero-order chi connectivity index (χ0) is 23.1. The standard InChI is InChI=1S/C21H22F3N5O2S/c1-27-10-12-29(13-11-27)20-25-18-9-4-3-8-17(18)19(26-20)28(2)32(30,31)16-7-5-6-15(14-16)21(22,23)24/h3-9,14H,10-13H2,1-2H3. The number of anilines is 2. The summed E-state index contributed by atoms with van der Waals surface area (Å²) >= 11 is 0. The minimum absolute atomic E-state index is 0.113. The van der Waals surface area contributed by atoms with Crippen LogP contribution in [0.2, 0.25) is 0 Å². The Morgan fingerprint density at radius 3 is 2.34 bits per heavy atom. The van der Waals surface area contributed by atoms with Crippen LogP contribution >= 0.6 is 0 Å². The highest BCUT2D eigenvalue weighted by atomic mass is 32.2. The second-order valence-electron chi connectivity index (χ2n) is 7.65. The molecule has 1 saturated heterocycles. The molecule has 1 aliphatic heterocycles. The van der Waals surface area contributed by atoms with E-state index < -0.39 is 26.7 Å². The number of alkyl halides is 3. The summed E-state index contributed by atoms with van der Waals surface area (Å²) in [5.41, 5.74) is -0.477. The largest absolute Gasteiger partial charge is 0.416 e. The quantitative estimate of drug-likeness (QED) is 0.589. The van der Waals surface area contributed by atoms with Gasteiger partial charge in [0, 0.05) is 38.6 Å². The maximum atomic E-state index is 13.3. The highest BCUT2D eigenvalue weighted by molar-refractivity contribution is 7.92. The molecule has 0 unspecified atom stereocenters. The summed E-state index contributed by atoms with van der Waals surface area (Å²) < 4.78 is 66.9. The maximum absolute atomic E-state index is 13.3. The van der Waals surface area contributed by atoms with E-state index in [0.29, 0.717) is 36.0 Å². The number of piperazine rings is 1. The van der Waals surface area contributed by atoms with Crippen molar-refractivity contribution in [1.82, 2.24) is 14.9 Å². The molecule has 0 saturated carbocycles. The molecule has 2 heterocycles. The number of benzene rings is 2. The van der Waals surface area contributed by atoms with Gasteiger partial charge in [-0.3, -0.25) is 4.31 Å². The van der Waals surface area contributed by atoms with Gasteiger partial charge in [-0.05, 0) is 37.4 Å². The lowest BCUT2D eigenvalue weighted by Gasteiger charge is -2.33. The van der Waals surface area contributed by atoms with Crippen molar-refractivity contribution in [3.8, 4) is 0 Å². The topological polar surface area (TPSA) is 69.6 Å². The molecule has 1 aliphatic rings. The van der Waals surface area contributed by atoms with E-state index in [-0.39, 0.29) is 5.82 Å². The number of fused-ring (bicyclic) bond motifs is 1. The molecule has 0 atom stereocenters. The SMILES string of the molecule is CN1CCN(c2nc(N(C)S(=O)(=O)c3cccc(C(F)(F)F)c3)c3ccccc3n2)CC1. The Morgan fingerprint density at radius 1 is 0.969 bits per heavy atom. The lowest BCUT2D eigenvalue weighted by molar-refractivity contribution is -0.137. The second kappa shape index (κ2) is 8.21. The van der Waals surface area contributed by atoms with Crippen LogP contribution in [-0.2, 0) is 16.2 Å². The third-order valence-electron chi connectivity index (χ3n) is 5.48. The van der Waals surface area contributed by atoms with E-state index in [0.717, 1.165) is 35.6 Å². The van der Waals surface area contributed by atoms with Crippen molar-refractivity contribution in [3.05, 3.63) is 54.1 Å². The summed E-state index contributed by atoms with van der Waals surface area (Å²) in [6.07, 6.45) is -4.65. The third-order valence-corrected chi connectivity index (χ3v) is 7.22. The summed E-state index contributed by atoms with van der Waals surface area (Å²) in [5.74, 6) is 0.500. The molecule has 11 heteroatoms. The predicted molar refractivity (Wildman–Crippen MR) is 116 cm³/mol. The number of hydrogen-bond acceptors (Lipinski definition) is 6. The van der Waals surface area contributed by atoms with Gasteiger partial charge < -0.3 is 9.80 Å². The molecule has 170 valence electrons. The highest BCUT2D eigenvalue weighted by Crippen LogP contribution is 2.33. The summed E-state index contributed by atoms with van der Waals surface area (Å²) in [5, 5.41) is 0.489. The summed E-state index contributed by atoms with van der Waals surface area (Å²) in [6.45, 7) is 2.98. The molecular weight excluding hydrogens is 443 g/mol. The van der Waals surface area contributed by atoms with Crippen LogP contribution in [0.3, 0.4) is 0 Å². The zero-order valence-corrected chi connectivity index (χ0v) is 18.4. The molecule has 1 fully saturated rings. The second-order valence-corrected chi connectivity index (χ2v) is 9.62. The first-order valence-corrected chi connectivity index (χ1v) is 11.4. The van der Waals surface area contributed by atoms with Gasteiger partial charge in [-0.2, -0.15) is 18.2 Å². The highest BCUT2D eigenvalue weighted by Gasteiger charge is 2.33. The van der Waals surface area contributed by atoms with Crippen LogP contribution in [0.25, 0.3) is 10.9 Å². The fourth-order valence-electron chi connectivity index (χ4n) is 3.54. The van der Waals surface area contributed by atoms with E-state index in [1.165, 1.54) is 7.05 Å². The van der Waals surface area contributed by atoms with Gasteiger partial charge in [0.15, 0.2) is 5.82 Å². The minimum atomic E-state index is -4.65. The van der Waals surface area contributed by atoms with Gasteiger partial charge in [0.1, 0.15) is 0 Å². The van der Waals surface area contributed by atoms with E-state index in [9.17, 15) is 21.6 Å². The molecule has 0 bridgehead atoms. The van der Waals surface area contributed by atoms with E-state index in [1.54, 1.807) is 24.3 Å². The lowest BCUT2D eigenvalue weighted by Crippen LogP contribution is -2.45. The van der Waals surface area contributed by atoms with Crippen molar-refractivity contribution in [2.45, 2.75) is 11.1 Å². The van der Waals surface area contributed by atoms with Crippen LogP contribution in [0.15, 0.2) is 53.4 Å². The Labute approximate surface area is 184 Å². The third kappa shape index (κ3) is 4.22. The number of aromatic nitrogens is 2. The van der Waals surface area contributed by atoms with E-state index >= 15 is 0 Å². The molecule has 0 aliphatic carbocycles. The maximum Gasteiger partial charge on any atom is 0.416 e. The number of sulfonamides is 1. The smallest absolute Gasteiger partial charge is 0.338 e. The number of rotatable bonds is 4. The molecule has 3 aromatic rings. The molecule has 1 aromatic heterocycles. The minimum Gasteiger partial charge on any atom is -0.338 e. The lowest BCUT2D eigenvalue weighted by atomic mass is 10.2. The summed E-state index contributed by atoms with van der Waals surface area (Å²) in [6, 6.07) is 10.7. The van der Waals surface area contributed by atoms with Crippen LogP contribution in [0.1, 0.15) is 5.56 Å². The van der Waals surface area contributed by atoms with Crippen molar-refractivity contribution < 1.29 is 21.6 Å². The molecule has 7 nitrogen and oxygen atoms in total. The molecule has 0 spiro atoms. The average molecular weight is 466 g/mol. The van der Waals surface area contributed by atoms with Gasteiger partial charge in [0.05, 0.1) is 16.0 Å². The molecule has 2 aromatic carbocycles. The van der Waals surface area contributed by atoms with Crippen LogP contribution in [-0.4, -0.2) is 63.6 Å². The first-order valence-electron chi connectivity index (χ1n) is 9.94. The molecule has 32 heavy (non-hydrogen) atoms. The molecule has 0 amide bonds. The van der Waals surface area contributed by atoms with Crippen LogP contribution in [0.5, 0.6) is 0 Å². The number of nitrogens with zero attached hydrogens (tertiary/aromatic N) is 5. The first-order chi connectivity index (χ1) is 15.1. The Bertz CT molecular complexity index is 1240. The van der Waals surface area contributed by atoms with E-state index in [1.807, 2.05) is 11.9 Å². The van der Waals surface area contributed by atoms with Crippen molar-refractivity contribution in [1.29, 1.82) is 0 Å². The fourth-order valence-corrected chi connectivity index (χ4v) is 4.75. The number of likely N-dealkylation sites (N-methyl/N-ethyl adjacent to an activating group) is 1. The Kier molecular flexibility index (Phi) is 5.72. The van der Waals surface area contributed by atoms with Crippen molar-refractivity contribution >= 4 is 32.7 Å². The molecule has 4 rings (SSSR count). The van der Waals surface area contributed by atoms with Gasteiger partial charge in [0.2, 0.25) is 5.95 Å². The number of halogens is 3. The zero-order valence-electron chi connectivity index (χ0n) is 17.5. The normalized spacial score (nSPS) is 15.8. The van der Waals surface area contributed by atoms with Crippen LogP contribution in [0, 0.1) is 0 Å². The van der Waals surface area contributed by atoms with Gasteiger partial charge in [-0.25, -0.2) is 13.4 Å². The van der Waals surface area contributed by atoms with Gasteiger partial charge in [-0.1, -0.05) is 18.2 Å². The number of hydrogen-bond donors (Lipinski definition) is 0. The summed E-state index contributed by atoms with van der Waals surface area (Å²) in [4.78, 5) is 12.8. The molecule has 0 radical (unpaired) electrons. The van der Waals surface area contributed by atoms with Crippen LogP contribution in [0.4, 0.5) is 24.9 Å². The van der Waals surface area contributed by atoms with Gasteiger partial charge in [0.25, 0.3) is 10.0 Å². The van der Waals surface area contributed by atoms with E-state index in [4.69, 9.17) is 0 Å². The Balaban J connectivity index is 1.80.